The Labute approximate surface area is 216 Å². The van der Waals surface area contributed by atoms with Gasteiger partial charge < -0.3 is 30.7 Å². The average molecular weight is 552 g/mol. The zero-order chi connectivity index (χ0) is 26.1. The summed E-state index contributed by atoms with van der Waals surface area (Å²) in [4.78, 5) is 33.2. The molecule has 0 aliphatic heterocycles. The van der Waals surface area contributed by atoms with E-state index in [0.717, 1.165) is 5.56 Å². The van der Waals surface area contributed by atoms with Crippen molar-refractivity contribution < 1.29 is 24.5 Å². The quantitative estimate of drug-likeness (QED) is 0.179. The van der Waals surface area contributed by atoms with E-state index in [1.807, 2.05) is 30.3 Å². The number of halogens is 1. The van der Waals surface area contributed by atoms with Gasteiger partial charge in [0.15, 0.2) is 6.61 Å². The van der Waals surface area contributed by atoms with Gasteiger partial charge in [-0.15, -0.1) is 6.42 Å². The number of ether oxygens (including phenoxy) is 1. The second-order valence-corrected chi connectivity index (χ2v) is 8.50. The highest BCUT2D eigenvalue weighted by molar-refractivity contribution is 9.10. The van der Waals surface area contributed by atoms with Gasteiger partial charge in [0.05, 0.1) is 22.3 Å². The normalized spacial score (nSPS) is 11.2. The molecule has 36 heavy (non-hydrogen) atoms. The monoisotopic (exact) mass is 551 g/mol. The predicted octanol–water partition coefficient (Wildman–Crippen LogP) is 2.94. The Kier molecular flexibility index (Phi) is 9.41. The first kappa shape index (κ1) is 26.7. The van der Waals surface area contributed by atoms with Crippen LogP contribution in [0.15, 0.2) is 59.2 Å². The summed E-state index contributed by atoms with van der Waals surface area (Å²) < 4.78 is 5.85. The number of nitrogens with one attached hydrogen (secondary N) is 3. The average Bonchev–Trinajstić information content (AvgIpc) is 2.84. The second-order valence-electron chi connectivity index (χ2n) is 7.64. The van der Waals surface area contributed by atoms with Crippen molar-refractivity contribution >= 4 is 52.2 Å². The second kappa shape index (κ2) is 12.7. The fraction of sp³-hybridized carbons (Fsp3) is 0.167. The molecule has 0 unspecified atom stereocenters. The fourth-order valence-corrected chi connectivity index (χ4v) is 3.55. The lowest BCUT2D eigenvalue weighted by Crippen LogP contribution is -2.48. The van der Waals surface area contributed by atoms with Crippen LogP contribution < -0.4 is 20.6 Å². The topological polar surface area (TPSA) is 146 Å². The van der Waals surface area contributed by atoms with E-state index in [-0.39, 0.29) is 29.7 Å². The number of carboxylic acids is 1. The highest BCUT2D eigenvalue weighted by atomic mass is 79.9. The molecule has 0 fully saturated rings. The molecule has 0 aliphatic carbocycles. The van der Waals surface area contributed by atoms with Gasteiger partial charge in [-0.3, -0.25) is 4.79 Å². The molecule has 5 N–H and O–H groups in total. The van der Waals surface area contributed by atoms with Crippen molar-refractivity contribution in [2.24, 2.45) is 0 Å². The van der Waals surface area contributed by atoms with E-state index in [1.165, 1.54) is 25.2 Å². The summed E-state index contributed by atoms with van der Waals surface area (Å²) in [6.07, 6.45) is 7.00. The Balaban J connectivity index is 1.84. The highest BCUT2D eigenvalue weighted by Gasteiger charge is 2.22. The smallest absolute Gasteiger partial charge is 0.374 e. The van der Waals surface area contributed by atoms with Gasteiger partial charge in [0.1, 0.15) is 0 Å². The lowest BCUT2D eigenvalue weighted by atomic mass is 9.86. The minimum atomic E-state index is -1.19. The SMILES string of the molecule is C#CCOc1nc(Nc2cc(NC(=O)[C@@H](Cc3ccccc3)NB(C)O)cc(C(=O)O)c2)ncc1Br. The standard InChI is InChI=1S/C24H23BBrN5O5/c1-3-9-36-22-19(26)14-27-24(30-22)29-18-12-16(23(33)34)11-17(13-18)28-21(32)20(31-25(2)35)10-15-7-5-4-6-8-15/h1,4-8,11-14,20,31,35H,9-10H2,2H3,(H,28,32)(H,33,34)(H,27,29,30)/t20-/m1/s1. The molecule has 3 aromatic rings. The Morgan fingerprint density at radius 3 is 2.61 bits per heavy atom. The molecular formula is C24H23BBrN5O5. The van der Waals surface area contributed by atoms with Crippen LogP contribution in [0.5, 0.6) is 5.88 Å². The van der Waals surface area contributed by atoms with E-state index in [2.05, 4.69) is 47.7 Å². The molecule has 0 saturated carbocycles. The summed E-state index contributed by atoms with van der Waals surface area (Å²) in [5, 5.41) is 27.9. The summed E-state index contributed by atoms with van der Waals surface area (Å²) in [7, 11) is -0.938. The third-order valence-electron chi connectivity index (χ3n) is 4.75. The zero-order valence-electron chi connectivity index (χ0n) is 19.2. The maximum Gasteiger partial charge on any atom is 0.374 e. The van der Waals surface area contributed by atoms with E-state index in [1.54, 1.807) is 6.07 Å². The molecule has 184 valence electrons. The molecule has 1 aromatic heterocycles. The van der Waals surface area contributed by atoms with E-state index in [9.17, 15) is 19.7 Å². The third kappa shape index (κ3) is 7.81. The van der Waals surface area contributed by atoms with Gasteiger partial charge in [-0.1, -0.05) is 36.3 Å². The summed E-state index contributed by atoms with van der Waals surface area (Å²) in [6.45, 7) is 1.52. The number of benzene rings is 2. The minimum Gasteiger partial charge on any atom is -0.478 e. The van der Waals surface area contributed by atoms with Crippen LogP contribution in [-0.4, -0.2) is 51.7 Å². The first-order valence-electron chi connectivity index (χ1n) is 10.8. The molecule has 12 heteroatoms. The maximum atomic E-state index is 13.1. The van der Waals surface area contributed by atoms with E-state index in [0.29, 0.717) is 16.6 Å². The summed E-state index contributed by atoms with van der Waals surface area (Å²) >= 11 is 3.27. The van der Waals surface area contributed by atoms with Crippen LogP contribution >= 0.6 is 15.9 Å². The summed E-state index contributed by atoms with van der Waals surface area (Å²) in [6, 6.07) is 12.8. The number of anilines is 3. The van der Waals surface area contributed by atoms with Crippen LogP contribution in [0.4, 0.5) is 17.3 Å². The lowest BCUT2D eigenvalue weighted by Gasteiger charge is -2.20. The molecule has 0 bridgehead atoms. The minimum absolute atomic E-state index is 0.00434. The summed E-state index contributed by atoms with van der Waals surface area (Å²) in [5.74, 6) is 1.05. The number of aromatic carboxylic acids is 1. The number of nitrogens with zero attached hydrogens (tertiary/aromatic N) is 2. The van der Waals surface area contributed by atoms with Gasteiger partial charge in [-0.25, -0.2) is 9.78 Å². The van der Waals surface area contributed by atoms with E-state index in [4.69, 9.17) is 11.2 Å². The van der Waals surface area contributed by atoms with Crippen molar-refractivity contribution in [1.29, 1.82) is 0 Å². The van der Waals surface area contributed by atoms with Crippen molar-refractivity contribution in [3.05, 3.63) is 70.3 Å². The summed E-state index contributed by atoms with van der Waals surface area (Å²) in [5.41, 5.74) is 1.37. The number of amides is 1. The number of carbonyl (C=O) groups is 2. The van der Waals surface area contributed by atoms with Crippen molar-refractivity contribution in [1.82, 2.24) is 15.2 Å². The van der Waals surface area contributed by atoms with Crippen molar-refractivity contribution in [2.45, 2.75) is 19.3 Å². The van der Waals surface area contributed by atoms with Gasteiger partial charge in [0, 0.05) is 11.4 Å². The molecule has 1 amide bonds. The van der Waals surface area contributed by atoms with Crippen molar-refractivity contribution in [2.75, 3.05) is 17.2 Å². The lowest BCUT2D eigenvalue weighted by molar-refractivity contribution is -0.117. The number of carboxylic acid groups (broad SMARTS) is 1. The molecule has 0 spiro atoms. The molecule has 10 nitrogen and oxygen atoms in total. The maximum absolute atomic E-state index is 13.1. The third-order valence-corrected chi connectivity index (χ3v) is 5.29. The molecule has 0 aliphatic rings. The molecule has 1 heterocycles. The predicted molar refractivity (Wildman–Crippen MR) is 140 cm³/mol. The van der Waals surface area contributed by atoms with Gasteiger partial charge in [-0.05, 0) is 52.9 Å². The highest BCUT2D eigenvalue weighted by Crippen LogP contribution is 2.26. The Morgan fingerprint density at radius 1 is 1.22 bits per heavy atom. The number of carbonyl (C=O) groups excluding carboxylic acids is 1. The van der Waals surface area contributed by atoms with Gasteiger partial charge in [0.25, 0.3) is 0 Å². The largest absolute Gasteiger partial charge is 0.478 e. The number of hydrogen-bond acceptors (Lipinski definition) is 8. The van der Waals surface area contributed by atoms with Crippen LogP contribution in [0.2, 0.25) is 6.82 Å². The van der Waals surface area contributed by atoms with Gasteiger partial charge >= 0.3 is 13.0 Å². The van der Waals surface area contributed by atoms with Gasteiger partial charge in [0.2, 0.25) is 17.7 Å². The van der Waals surface area contributed by atoms with Crippen molar-refractivity contribution in [3.63, 3.8) is 0 Å². The first-order chi connectivity index (χ1) is 17.2. The van der Waals surface area contributed by atoms with Crippen LogP contribution in [-0.2, 0) is 11.2 Å². The Hall–Kier alpha value is -3.92. The number of hydrogen-bond donors (Lipinski definition) is 5. The first-order valence-corrected chi connectivity index (χ1v) is 11.6. The van der Waals surface area contributed by atoms with Crippen LogP contribution in [0.1, 0.15) is 15.9 Å². The number of terminal acetylenes is 1. The Morgan fingerprint density at radius 2 is 1.94 bits per heavy atom. The zero-order valence-corrected chi connectivity index (χ0v) is 20.8. The number of aromatic nitrogens is 2. The molecule has 0 saturated heterocycles. The molecule has 2 aromatic carbocycles. The molecular weight excluding hydrogens is 529 g/mol. The van der Waals surface area contributed by atoms with E-state index < -0.39 is 25.0 Å². The van der Waals surface area contributed by atoms with Crippen LogP contribution in [0.3, 0.4) is 0 Å². The fourth-order valence-electron chi connectivity index (χ4n) is 3.25. The van der Waals surface area contributed by atoms with Crippen LogP contribution in [0.25, 0.3) is 0 Å². The molecule has 1 atom stereocenters. The van der Waals surface area contributed by atoms with E-state index >= 15 is 0 Å². The molecule has 0 radical (unpaired) electrons. The Bertz CT molecular complexity index is 1270. The van der Waals surface area contributed by atoms with Crippen LogP contribution in [0, 0.1) is 12.3 Å². The van der Waals surface area contributed by atoms with Gasteiger partial charge in [-0.2, -0.15) is 4.98 Å². The number of rotatable bonds is 11. The molecule has 3 rings (SSSR count). The van der Waals surface area contributed by atoms with Crippen molar-refractivity contribution in [3.8, 4) is 18.2 Å².